The van der Waals surface area contributed by atoms with Gasteiger partial charge in [0, 0.05) is 25.8 Å². The van der Waals surface area contributed by atoms with Crippen molar-refractivity contribution in [1.29, 1.82) is 0 Å². The molecule has 2 heterocycles. The number of likely N-dealkylation sites (tertiary alicyclic amines) is 1. The predicted octanol–water partition coefficient (Wildman–Crippen LogP) is 4.43. The van der Waals surface area contributed by atoms with E-state index in [0.29, 0.717) is 38.2 Å². The minimum absolute atomic E-state index is 0.0437. The standard InChI is InChI=1S/C28H29N3O2/c1-3-15-30-27(33)28(14-17-31(20-28)26(32)25-13-6-7-16-29-25)19-23-10-4-5-12-24(23)22-11-8-9-21(2)18-22/h3-13,16,18H,1,14-15,17,19-20H2,2H3,(H,30,33)/t28-/m1/s1. The quantitative estimate of drug-likeness (QED) is 0.554. The molecule has 5 nitrogen and oxygen atoms in total. The Bertz CT molecular complexity index is 1160. The van der Waals surface area contributed by atoms with Crippen molar-refractivity contribution in [3.63, 3.8) is 0 Å². The van der Waals surface area contributed by atoms with Crippen LogP contribution in [0.4, 0.5) is 0 Å². The first-order valence-electron chi connectivity index (χ1n) is 11.3. The third kappa shape index (κ3) is 4.87. The number of nitrogens with zero attached hydrogens (tertiary/aromatic N) is 2. The summed E-state index contributed by atoms with van der Waals surface area (Å²) in [6.45, 7) is 7.07. The summed E-state index contributed by atoms with van der Waals surface area (Å²) in [5, 5.41) is 2.99. The van der Waals surface area contributed by atoms with Gasteiger partial charge in [-0.25, -0.2) is 0 Å². The Labute approximate surface area is 195 Å². The monoisotopic (exact) mass is 439 g/mol. The van der Waals surface area contributed by atoms with Gasteiger partial charge in [0.05, 0.1) is 5.41 Å². The van der Waals surface area contributed by atoms with Crippen molar-refractivity contribution in [2.75, 3.05) is 19.6 Å². The zero-order chi connectivity index (χ0) is 23.3. The third-order valence-corrected chi connectivity index (χ3v) is 6.29. The lowest BCUT2D eigenvalue weighted by Gasteiger charge is -2.29. The van der Waals surface area contributed by atoms with Crippen molar-refractivity contribution >= 4 is 11.8 Å². The maximum Gasteiger partial charge on any atom is 0.272 e. The molecule has 4 rings (SSSR count). The van der Waals surface area contributed by atoms with Crippen LogP contribution in [0.3, 0.4) is 0 Å². The highest BCUT2D eigenvalue weighted by Gasteiger charge is 2.46. The topological polar surface area (TPSA) is 62.3 Å². The fraction of sp³-hybridized carbons (Fsp3) is 0.250. The molecule has 1 saturated heterocycles. The lowest BCUT2D eigenvalue weighted by atomic mass is 9.78. The zero-order valence-corrected chi connectivity index (χ0v) is 19.0. The highest BCUT2D eigenvalue weighted by Crippen LogP contribution is 2.38. The predicted molar refractivity (Wildman–Crippen MR) is 131 cm³/mol. The van der Waals surface area contributed by atoms with Gasteiger partial charge in [0.2, 0.25) is 5.91 Å². The Balaban J connectivity index is 1.66. The normalized spacial score (nSPS) is 17.5. The Morgan fingerprint density at radius 1 is 1.12 bits per heavy atom. The number of carbonyl (C=O) groups is 2. The molecular weight excluding hydrogens is 410 g/mol. The van der Waals surface area contributed by atoms with E-state index in [-0.39, 0.29) is 11.8 Å². The molecule has 1 N–H and O–H groups in total. The second kappa shape index (κ2) is 9.82. The van der Waals surface area contributed by atoms with Crippen LogP contribution in [0.2, 0.25) is 0 Å². The lowest BCUT2D eigenvalue weighted by molar-refractivity contribution is -0.130. The van der Waals surface area contributed by atoms with Gasteiger partial charge in [-0.15, -0.1) is 6.58 Å². The van der Waals surface area contributed by atoms with Crippen LogP contribution in [0.25, 0.3) is 11.1 Å². The van der Waals surface area contributed by atoms with Gasteiger partial charge < -0.3 is 10.2 Å². The molecule has 1 aliphatic rings. The molecule has 0 spiro atoms. The molecule has 33 heavy (non-hydrogen) atoms. The Hall–Kier alpha value is -3.73. The van der Waals surface area contributed by atoms with E-state index in [1.807, 2.05) is 12.1 Å². The summed E-state index contributed by atoms with van der Waals surface area (Å²) in [4.78, 5) is 32.5. The van der Waals surface area contributed by atoms with E-state index in [2.05, 4.69) is 60.2 Å². The minimum atomic E-state index is -0.715. The highest BCUT2D eigenvalue weighted by molar-refractivity contribution is 5.94. The van der Waals surface area contributed by atoms with Crippen LogP contribution < -0.4 is 5.32 Å². The second-order valence-electron chi connectivity index (χ2n) is 8.67. The molecule has 0 radical (unpaired) electrons. The first kappa shape index (κ1) is 22.5. The van der Waals surface area contributed by atoms with Crippen molar-refractivity contribution in [2.45, 2.75) is 19.8 Å². The van der Waals surface area contributed by atoms with E-state index in [9.17, 15) is 9.59 Å². The zero-order valence-electron chi connectivity index (χ0n) is 19.0. The van der Waals surface area contributed by atoms with Gasteiger partial charge in [-0.3, -0.25) is 14.6 Å². The molecular formula is C28H29N3O2. The summed E-state index contributed by atoms with van der Waals surface area (Å²) < 4.78 is 0. The molecule has 168 valence electrons. The highest BCUT2D eigenvalue weighted by atomic mass is 16.2. The summed E-state index contributed by atoms with van der Waals surface area (Å²) >= 11 is 0. The average molecular weight is 440 g/mol. The summed E-state index contributed by atoms with van der Waals surface area (Å²) in [6.07, 6.45) is 4.44. The molecule has 1 fully saturated rings. The van der Waals surface area contributed by atoms with Gasteiger partial charge in [-0.05, 0) is 48.6 Å². The number of rotatable bonds is 7. The molecule has 0 bridgehead atoms. The van der Waals surface area contributed by atoms with Crippen LogP contribution in [0.5, 0.6) is 0 Å². The first-order chi connectivity index (χ1) is 16.0. The smallest absolute Gasteiger partial charge is 0.272 e. The maximum absolute atomic E-state index is 13.4. The van der Waals surface area contributed by atoms with E-state index in [0.717, 1.165) is 16.7 Å². The van der Waals surface area contributed by atoms with Crippen molar-refractivity contribution in [2.24, 2.45) is 5.41 Å². The van der Waals surface area contributed by atoms with Crippen molar-refractivity contribution in [3.8, 4) is 11.1 Å². The van der Waals surface area contributed by atoms with Crippen LogP contribution in [-0.2, 0) is 11.2 Å². The summed E-state index contributed by atoms with van der Waals surface area (Å²) in [7, 11) is 0. The Morgan fingerprint density at radius 2 is 1.94 bits per heavy atom. The number of aromatic nitrogens is 1. The second-order valence-corrected chi connectivity index (χ2v) is 8.67. The molecule has 5 heteroatoms. The number of amides is 2. The number of hydrogen-bond acceptors (Lipinski definition) is 3. The van der Waals surface area contributed by atoms with E-state index >= 15 is 0 Å². The first-order valence-corrected chi connectivity index (χ1v) is 11.3. The molecule has 0 saturated carbocycles. The molecule has 2 aromatic carbocycles. The van der Waals surface area contributed by atoms with Crippen LogP contribution >= 0.6 is 0 Å². The number of hydrogen-bond donors (Lipinski definition) is 1. The summed E-state index contributed by atoms with van der Waals surface area (Å²) in [5.41, 5.74) is 4.23. The molecule has 0 unspecified atom stereocenters. The summed E-state index contributed by atoms with van der Waals surface area (Å²) in [6, 6.07) is 21.9. The lowest BCUT2D eigenvalue weighted by Crippen LogP contribution is -2.45. The Morgan fingerprint density at radius 3 is 2.70 bits per heavy atom. The largest absolute Gasteiger partial charge is 0.352 e. The van der Waals surface area contributed by atoms with E-state index in [1.165, 1.54) is 5.56 Å². The van der Waals surface area contributed by atoms with E-state index < -0.39 is 5.41 Å². The van der Waals surface area contributed by atoms with E-state index in [4.69, 9.17) is 0 Å². The van der Waals surface area contributed by atoms with Gasteiger partial charge in [0.1, 0.15) is 5.69 Å². The molecule has 0 aliphatic carbocycles. The van der Waals surface area contributed by atoms with Crippen LogP contribution in [-0.4, -0.2) is 41.3 Å². The van der Waals surface area contributed by atoms with Crippen LogP contribution in [0, 0.1) is 12.3 Å². The van der Waals surface area contributed by atoms with Gasteiger partial charge in [0.15, 0.2) is 0 Å². The van der Waals surface area contributed by atoms with Gasteiger partial charge >= 0.3 is 0 Å². The van der Waals surface area contributed by atoms with Crippen LogP contribution in [0.15, 0.2) is 85.6 Å². The molecule has 1 aromatic heterocycles. The average Bonchev–Trinajstić information content (AvgIpc) is 3.28. The number of aryl methyl sites for hydroxylation is 1. The molecule has 2 amide bonds. The number of carbonyl (C=O) groups excluding carboxylic acids is 2. The molecule has 1 aliphatic heterocycles. The van der Waals surface area contributed by atoms with Crippen molar-refractivity contribution in [3.05, 3.63) is 102 Å². The SMILES string of the molecule is C=CCNC(=O)[C@@]1(Cc2ccccc2-c2cccc(C)c2)CCN(C(=O)c2ccccn2)C1. The van der Waals surface area contributed by atoms with Gasteiger partial charge in [-0.2, -0.15) is 0 Å². The number of pyridine rings is 1. The maximum atomic E-state index is 13.4. The van der Waals surface area contributed by atoms with Gasteiger partial charge in [0.25, 0.3) is 5.91 Å². The van der Waals surface area contributed by atoms with Crippen molar-refractivity contribution < 1.29 is 9.59 Å². The van der Waals surface area contributed by atoms with Crippen molar-refractivity contribution in [1.82, 2.24) is 15.2 Å². The van der Waals surface area contributed by atoms with E-state index in [1.54, 1.807) is 35.4 Å². The molecule has 1 atom stereocenters. The number of nitrogens with one attached hydrogen (secondary N) is 1. The fourth-order valence-corrected chi connectivity index (χ4v) is 4.59. The third-order valence-electron chi connectivity index (χ3n) is 6.29. The summed E-state index contributed by atoms with van der Waals surface area (Å²) in [5.74, 6) is -0.182. The Kier molecular flexibility index (Phi) is 6.68. The minimum Gasteiger partial charge on any atom is -0.352 e. The fourth-order valence-electron chi connectivity index (χ4n) is 4.59. The van der Waals surface area contributed by atoms with Crippen LogP contribution in [0.1, 0.15) is 28.0 Å². The number of benzene rings is 2. The molecule has 3 aromatic rings. The van der Waals surface area contributed by atoms with Gasteiger partial charge in [-0.1, -0.05) is 66.2 Å².